The van der Waals surface area contributed by atoms with Crippen molar-refractivity contribution >= 4 is 17.6 Å². The van der Waals surface area contributed by atoms with Crippen molar-refractivity contribution in [2.75, 3.05) is 17.2 Å². The van der Waals surface area contributed by atoms with Crippen LogP contribution >= 0.6 is 0 Å². The maximum atomic E-state index is 4.59. The molecule has 0 aliphatic rings. The molecule has 4 aromatic rings. The Morgan fingerprint density at radius 3 is 1.97 bits per heavy atom. The number of nitrogens with zero attached hydrogens (tertiary/aromatic N) is 3. The summed E-state index contributed by atoms with van der Waals surface area (Å²) in [5.41, 5.74) is 6.01. The molecule has 0 atom stereocenters. The molecule has 3 aromatic carbocycles. The molecule has 4 rings (SSSR count). The van der Waals surface area contributed by atoms with Crippen molar-refractivity contribution < 1.29 is 0 Å². The number of rotatable bonds is 8. The third-order valence-corrected chi connectivity index (χ3v) is 5.50. The molecule has 1 heterocycles. The van der Waals surface area contributed by atoms with Gasteiger partial charge in [0.05, 0.1) is 0 Å². The molecule has 0 spiro atoms. The number of hydrogen-bond acceptors (Lipinski definition) is 5. The van der Waals surface area contributed by atoms with Crippen molar-refractivity contribution in [3.8, 4) is 0 Å². The average molecular weight is 424 g/mol. The molecule has 162 valence electrons. The van der Waals surface area contributed by atoms with Crippen molar-refractivity contribution in [1.82, 2.24) is 15.0 Å². The minimum Gasteiger partial charge on any atom is -0.354 e. The maximum Gasteiger partial charge on any atom is 0.232 e. The fourth-order valence-electron chi connectivity index (χ4n) is 3.92. The van der Waals surface area contributed by atoms with E-state index in [0.717, 1.165) is 24.2 Å². The van der Waals surface area contributed by atoms with Gasteiger partial charge in [0.1, 0.15) is 5.82 Å². The van der Waals surface area contributed by atoms with Crippen LogP contribution in [0, 0.1) is 20.8 Å². The largest absolute Gasteiger partial charge is 0.354 e. The first-order valence-electron chi connectivity index (χ1n) is 11.0. The molecular formula is C27H29N5. The molecule has 0 aliphatic heterocycles. The number of aromatic nitrogens is 3. The molecule has 0 bridgehead atoms. The van der Waals surface area contributed by atoms with Gasteiger partial charge in [-0.2, -0.15) is 15.0 Å². The van der Waals surface area contributed by atoms with Crippen LogP contribution in [0.1, 0.15) is 40.4 Å². The Bertz CT molecular complexity index is 1120. The van der Waals surface area contributed by atoms with Crippen LogP contribution in [0.2, 0.25) is 0 Å². The summed E-state index contributed by atoms with van der Waals surface area (Å²) < 4.78 is 0. The molecule has 0 saturated carbocycles. The summed E-state index contributed by atoms with van der Waals surface area (Å²) in [5, 5.41) is 6.73. The molecule has 0 fully saturated rings. The molecular weight excluding hydrogens is 394 g/mol. The van der Waals surface area contributed by atoms with E-state index in [2.05, 4.69) is 118 Å². The number of hydrogen-bond donors (Lipinski definition) is 2. The van der Waals surface area contributed by atoms with Crippen LogP contribution in [-0.2, 0) is 0 Å². The topological polar surface area (TPSA) is 62.7 Å². The average Bonchev–Trinajstić information content (AvgIpc) is 2.79. The van der Waals surface area contributed by atoms with Gasteiger partial charge in [-0.3, -0.25) is 0 Å². The van der Waals surface area contributed by atoms with Crippen LogP contribution in [0.25, 0.3) is 0 Å². The van der Waals surface area contributed by atoms with Gasteiger partial charge in [0.2, 0.25) is 11.9 Å². The monoisotopic (exact) mass is 423 g/mol. The third-order valence-electron chi connectivity index (χ3n) is 5.50. The van der Waals surface area contributed by atoms with E-state index in [-0.39, 0.29) is 0 Å². The Morgan fingerprint density at radius 1 is 0.719 bits per heavy atom. The first-order valence-corrected chi connectivity index (χ1v) is 11.0. The summed E-state index contributed by atoms with van der Waals surface area (Å²) in [5.74, 6) is 2.12. The van der Waals surface area contributed by atoms with Crippen LogP contribution < -0.4 is 10.6 Å². The van der Waals surface area contributed by atoms with E-state index in [0.29, 0.717) is 23.6 Å². The molecule has 5 nitrogen and oxygen atoms in total. The normalized spacial score (nSPS) is 10.9. The fraction of sp³-hybridized carbons (Fsp3) is 0.222. The van der Waals surface area contributed by atoms with Gasteiger partial charge in [-0.1, -0.05) is 78.4 Å². The Balaban J connectivity index is 1.47. The quantitative estimate of drug-likeness (QED) is 0.355. The minimum absolute atomic E-state index is 0.306. The van der Waals surface area contributed by atoms with Crippen molar-refractivity contribution in [3.63, 3.8) is 0 Å². The summed E-state index contributed by atoms with van der Waals surface area (Å²) >= 11 is 0. The number of nitrogens with one attached hydrogen (secondary N) is 2. The molecule has 0 aliphatic carbocycles. The minimum atomic E-state index is 0.306. The van der Waals surface area contributed by atoms with Gasteiger partial charge < -0.3 is 10.6 Å². The Kier molecular flexibility index (Phi) is 6.75. The molecule has 32 heavy (non-hydrogen) atoms. The lowest BCUT2D eigenvalue weighted by atomic mass is 9.88. The van der Waals surface area contributed by atoms with Crippen LogP contribution in [0.4, 0.5) is 17.6 Å². The number of benzene rings is 3. The molecule has 0 unspecified atom stereocenters. The van der Waals surface area contributed by atoms with Crippen molar-refractivity contribution in [3.05, 3.63) is 107 Å². The van der Waals surface area contributed by atoms with E-state index in [1.54, 1.807) is 0 Å². The molecule has 0 saturated heterocycles. The highest BCUT2D eigenvalue weighted by Gasteiger charge is 2.14. The Labute approximate surface area is 190 Å². The zero-order valence-corrected chi connectivity index (χ0v) is 18.8. The molecule has 0 amide bonds. The van der Waals surface area contributed by atoms with E-state index in [1.165, 1.54) is 16.7 Å². The maximum absolute atomic E-state index is 4.59. The zero-order valence-electron chi connectivity index (χ0n) is 18.8. The van der Waals surface area contributed by atoms with Crippen LogP contribution in [0.5, 0.6) is 0 Å². The van der Waals surface area contributed by atoms with Gasteiger partial charge in [-0.15, -0.1) is 0 Å². The molecule has 2 N–H and O–H groups in total. The lowest BCUT2D eigenvalue weighted by Crippen LogP contribution is -2.13. The molecule has 0 radical (unpaired) electrons. The summed E-state index contributed by atoms with van der Waals surface area (Å²) in [6, 6.07) is 27.5. The summed E-state index contributed by atoms with van der Waals surface area (Å²) in [7, 11) is 0. The molecule has 5 heteroatoms. The Morgan fingerprint density at radius 2 is 1.34 bits per heavy atom. The van der Waals surface area contributed by atoms with Gasteiger partial charge in [-0.25, -0.2) is 0 Å². The summed E-state index contributed by atoms with van der Waals surface area (Å²) in [6.07, 6.45) is 0.929. The highest BCUT2D eigenvalue weighted by Crippen LogP contribution is 2.28. The first kappa shape index (κ1) is 21.5. The highest BCUT2D eigenvalue weighted by molar-refractivity contribution is 5.59. The second-order valence-electron chi connectivity index (χ2n) is 8.06. The second-order valence-corrected chi connectivity index (χ2v) is 8.06. The van der Waals surface area contributed by atoms with Crippen molar-refractivity contribution in [2.24, 2.45) is 0 Å². The summed E-state index contributed by atoms with van der Waals surface area (Å²) in [4.78, 5) is 13.5. The highest BCUT2D eigenvalue weighted by atomic mass is 15.2. The standard InChI is InChI=1S/C27H29N5/c1-19-14-15-25(20(2)18-19)31-27-30-21(3)29-26(32-27)28-17-16-24(22-10-6-4-7-11-22)23-12-8-5-9-13-23/h4-15,18,24H,16-17H2,1-3H3,(H2,28,29,30,31,32). The smallest absolute Gasteiger partial charge is 0.232 e. The Hall–Kier alpha value is -3.73. The first-order chi connectivity index (χ1) is 15.6. The zero-order chi connectivity index (χ0) is 22.3. The third kappa shape index (κ3) is 5.49. The molecule has 1 aromatic heterocycles. The van der Waals surface area contributed by atoms with Gasteiger partial charge in [0.15, 0.2) is 0 Å². The lowest BCUT2D eigenvalue weighted by Gasteiger charge is -2.18. The number of anilines is 3. The van der Waals surface area contributed by atoms with E-state index >= 15 is 0 Å². The predicted molar refractivity (Wildman–Crippen MR) is 132 cm³/mol. The van der Waals surface area contributed by atoms with Crippen LogP contribution in [0.15, 0.2) is 78.9 Å². The van der Waals surface area contributed by atoms with E-state index in [4.69, 9.17) is 0 Å². The van der Waals surface area contributed by atoms with Crippen molar-refractivity contribution in [2.45, 2.75) is 33.1 Å². The van der Waals surface area contributed by atoms with E-state index in [9.17, 15) is 0 Å². The van der Waals surface area contributed by atoms with Crippen LogP contribution in [0.3, 0.4) is 0 Å². The van der Waals surface area contributed by atoms with Gasteiger partial charge in [0.25, 0.3) is 0 Å². The lowest BCUT2D eigenvalue weighted by molar-refractivity contribution is 0.739. The van der Waals surface area contributed by atoms with Gasteiger partial charge in [-0.05, 0) is 49.9 Å². The SMILES string of the molecule is Cc1ccc(Nc2nc(C)nc(NCCC(c3ccccc3)c3ccccc3)n2)c(C)c1. The van der Waals surface area contributed by atoms with E-state index in [1.807, 2.05) is 6.92 Å². The summed E-state index contributed by atoms with van der Waals surface area (Å²) in [6.45, 7) is 6.80. The number of aryl methyl sites for hydroxylation is 3. The van der Waals surface area contributed by atoms with E-state index < -0.39 is 0 Å². The van der Waals surface area contributed by atoms with Crippen molar-refractivity contribution in [1.29, 1.82) is 0 Å². The second kappa shape index (κ2) is 10.1. The predicted octanol–water partition coefficient (Wildman–Crippen LogP) is 6.17. The van der Waals surface area contributed by atoms with Gasteiger partial charge >= 0.3 is 0 Å². The van der Waals surface area contributed by atoms with Crippen LogP contribution in [-0.4, -0.2) is 21.5 Å². The van der Waals surface area contributed by atoms with Gasteiger partial charge in [0, 0.05) is 18.2 Å². The fourth-order valence-corrected chi connectivity index (χ4v) is 3.92.